The van der Waals surface area contributed by atoms with Gasteiger partial charge in [-0.05, 0) is 91.8 Å². The van der Waals surface area contributed by atoms with Crippen molar-refractivity contribution in [2.24, 2.45) is 46.3 Å². The van der Waals surface area contributed by atoms with Crippen molar-refractivity contribution in [3.63, 3.8) is 0 Å². The van der Waals surface area contributed by atoms with Crippen LogP contribution >= 0.6 is 15.9 Å². The monoisotopic (exact) mass is 394 g/mol. The van der Waals surface area contributed by atoms with Crippen LogP contribution in [-0.4, -0.2) is 11.1 Å². The molecular formula is C22H35BrO. The topological polar surface area (TPSA) is 17.1 Å². The summed E-state index contributed by atoms with van der Waals surface area (Å²) in [5, 5.41) is 0.561. The fourth-order valence-corrected chi connectivity index (χ4v) is 8.49. The zero-order valence-corrected chi connectivity index (χ0v) is 17.4. The molecule has 0 bridgehead atoms. The van der Waals surface area contributed by atoms with E-state index in [1.165, 1.54) is 51.4 Å². The van der Waals surface area contributed by atoms with E-state index in [1.54, 1.807) is 0 Å². The average molecular weight is 395 g/mol. The Morgan fingerprint density at radius 1 is 0.958 bits per heavy atom. The summed E-state index contributed by atoms with van der Waals surface area (Å²) in [6.45, 7) is 7.60. The molecule has 4 fully saturated rings. The lowest BCUT2D eigenvalue weighted by Gasteiger charge is -2.61. The molecule has 0 aromatic heterocycles. The van der Waals surface area contributed by atoms with Gasteiger partial charge in [0, 0.05) is 5.92 Å². The summed E-state index contributed by atoms with van der Waals surface area (Å²) in [6, 6.07) is 0. The minimum atomic E-state index is 0.303. The Morgan fingerprint density at radius 2 is 1.67 bits per heavy atom. The molecule has 0 aliphatic heterocycles. The van der Waals surface area contributed by atoms with Crippen LogP contribution < -0.4 is 0 Å². The van der Waals surface area contributed by atoms with Crippen LogP contribution in [0.5, 0.6) is 0 Å². The molecule has 2 heteroatoms. The lowest BCUT2D eigenvalue weighted by atomic mass is 9.44. The quantitative estimate of drug-likeness (QED) is 0.506. The molecule has 0 amide bonds. The van der Waals surface area contributed by atoms with Crippen LogP contribution in [0.3, 0.4) is 0 Å². The number of Topliss-reactive ketones (excluding diaryl/α,β-unsaturated/α-hetero) is 1. The highest BCUT2D eigenvalue weighted by atomic mass is 79.9. The van der Waals surface area contributed by atoms with Crippen molar-refractivity contribution in [2.45, 2.75) is 78.6 Å². The molecule has 0 aromatic carbocycles. The maximum atomic E-state index is 12.5. The van der Waals surface area contributed by atoms with Crippen LogP contribution in [0, 0.1) is 46.3 Å². The van der Waals surface area contributed by atoms with Gasteiger partial charge in [-0.3, -0.25) is 4.79 Å². The number of rotatable bonds is 2. The summed E-state index contributed by atoms with van der Waals surface area (Å²) in [7, 11) is 0. The molecule has 24 heavy (non-hydrogen) atoms. The highest BCUT2D eigenvalue weighted by Gasteiger charge is 2.60. The maximum Gasteiger partial charge on any atom is 0.147 e. The zero-order chi connectivity index (χ0) is 17.1. The van der Waals surface area contributed by atoms with Crippen LogP contribution in [0.2, 0.25) is 0 Å². The second-order valence-electron chi connectivity index (χ2n) is 10.3. The van der Waals surface area contributed by atoms with E-state index < -0.39 is 0 Å². The molecule has 0 saturated heterocycles. The lowest BCUT2D eigenvalue weighted by Crippen LogP contribution is -2.53. The Kier molecular flexibility index (Phi) is 4.46. The summed E-state index contributed by atoms with van der Waals surface area (Å²) in [5.41, 5.74) is 0.908. The molecule has 0 radical (unpaired) electrons. The van der Waals surface area contributed by atoms with E-state index >= 15 is 0 Å². The predicted molar refractivity (Wildman–Crippen MR) is 103 cm³/mol. The van der Waals surface area contributed by atoms with Crippen LogP contribution in [0.1, 0.15) is 78.6 Å². The fourth-order valence-electron chi connectivity index (χ4n) is 8.09. The molecule has 136 valence electrons. The Balaban J connectivity index is 1.60. The van der Waals surface area contributed by atoms with E-state index in [2.05, 4.69) is 36.7 Å². The van der Waals surface area contributed by atoms with Crippen LogP contribution in [0.4, 0.5) is 0 Å². The number of carbonyl (C=O) groups is 1. The largest absolute Gasteiger partial charge is 0.298 e. The van der Waals surface area contributed by atoms with E-state index in [0.717, 1.165) is 36.0 Å². The van der Waals surface area contributed by atoms with Gasteiger partial charge >= 0.3 is 0 Å². The number of carbonyl (C=O) groups excluding carboxylic acids is 1. The third-order valence-electron chi connectivity index (χ3n) is 9.45. The van der Waals surface area contributed by atoms with E-state index in [1.807, 2.05) is 0 Å². The van der Waals surface area contributed by atoms with Gasteiger partial charge in [-0.1, -0.05) is 43.1 Å². The molecule has 1 unspecified atom stereocenters. The van der Waals surface area contributed by atoms with Crippen molar-refractivity contribution in [2.75, 3.05) is 5.33 Å². The predicted octanol–water partition coefficient (Wildman–Crippen LogP) is 6.25. The van der Waals surface area contributed by atoms with Crippen LogP contribution in [0.15, 0.2) is 0 Å². The van der Waals surface area contributed by atoms with E-state index in [-0.39, 0.29) is 0 Å². The molecule has 1 nitrogen and oxygen atoms in total. The molecule has 4 saturated carbocycles. The van der Waals surface area contributed by atoms with E-state index in [0.29, 0.717) is 27.9 Å². The standard InChI is InChI=1S/C22H35BrO/c1-14-8-10-21(2)15(12-14)4-5-16-17-6-7-19(20(24)13-23)22(17,3)11-9-18(16)21/h14-19H,4-13H2,1-3H3/t14-,15?,16-,17-,18-,19+,21-,22-/m0/s1. The van der Waals surface area contributed by atoms with Gasteiger partial charge in [0.05, 0.1) is 5.33 Å². The Hall–Kier alpha value is 0.150. The fraction of sp³-hybridized carbons (Fsp3) is 0.955. The summed E-state index contributed by atoms with van der Waals surface area (Å²) >= 11 is 3.44. The number of alkyl halides is 1. The Bertz CT molecular complexity index is 516. The average Bonchev–Trinajstić information content (AvgIpc) is 2.92. The first-order chi connectivity index (χ1) is 11.4. The number of halogens is 1. The number of fused-ring (bicyclic) bond motifs is 5. The van der Waals surface area contributed by atoms with Crippen molar-refractivity contribution in [1.29, 1.82) is 0 Å². The van der Waals surface area contributed by atoms with E-state index in [4.69, 9.17) is 0 Å². The van der Waals surface area contributed by atoms with Crippen molar-refractivity contribution < 1.29 is 4.79 Å². The molecule has 0 aromatic rings. The normalized spacial score (nSPS) is 53.8. The first kappa shape index (κ1) is 17.6. The molecule has 0 N–H and O–H groups in total. The highest BCUT2D eigenvalue weighted by Crippen LogP contribution is 2.67. The van der Waals surface area contributed by atoms with Gasteiger partial charge in [0.1, 0.15) is 5.78 Å². The zero-order valence-electron chi connectivity index (χ0n) is 15.8. The highest BCUT2D eigenvalue weighted by molar-refractivity contribution is 9.09. The van der Waals surface area contributed by atoms with E-state index in [9.17, 15) is 4.79 Å². The van der Waals surface area contributed by atoms with Crippen molar-refractivity contribution in [1.82, 2.24) is 0 Å². The van der Waals surface area contributed by atoms with Gasteiger partial charge in [-0.25, -0.2) is 0 Å². The van der Waals surface area contributed by atoms with Gasteiger partial charge < -0.3 is 0 Å². The minimum absolute atomic E-state index is 0.303. The van der Waals surface area contributed by atoms with Gasteiger partial charge in [0.15, 0.2) is 0 Å². The minimum Gasteiger partial charge on any atom is -0.298 e. The molecule has 8 atom stereocenters. The van der Waals surface area contributed by atoms with Crippen molar-refractivity contribution in [3.05, 3.63) is 0 Å². The summed E-state index contributed by atoms with van der Waals surface area (Å²) in [4.78, 5) is 12.5. The Labute approximate surface area is 156 Å². The smallest absolute Gasteiger partial charge is 0.147 e. The number of hydrogen-bond donors (Lipinski definition) is 0. The lowest BCUT2D eigenvalue weighted by molar-refractivity contribution is -0.134. The second kappa shape index (κ2) is 6.10. The third kappa shape index (κ3) is 2.41. The summed E-state index contributed by atoms with van der Waals surface area (Å²) in [5.74, 6) is 5.41. The maximum absolute atomic E-state index is 12.5. The first-order valence-electron chi connectivity index (χ1n) is 10.5. The Morgan fingerprint density at radius 3 is 2.42 bits per heavy atom. The van der Waals surface area contributed by atoms with Gasteiger partial charge in [-0.2, -0.15) is 0 Å². The van der Waals surface area contributed by atoms with Crippen molar-refractivity contribution >= 4 is 21.7 Å². The molecule has 4 aliphatic carbocycles. The van der Waals surface area contributed by atoms with Gasteiger partial charge in [0.2, 0.25) is 0 Å². The third-order valence-corrected chi connectivity index (χ3v) is 10.0. The second-order valence-corrected chi connectivity index (χ2v) is 10.9. The number of hydrogen-bond acceptors (Lipinski definition) is 1. The molecular weight excluding hydrogens is 360 g/mol. The molecule has 0 spiro atoms. The molecule has 0 heterocycles. The van der Waals surface area contributed by atoms with Crippen LogP contribution in [0.25, 0.3) is 0 Å². The summed E-state index contributed by atoms with van der Waals surface area (Å²) in [6.07, 6.45) is 12.5. The SMILES string of the molecule is C[C@H]1CC[C@@]2(C)C(CC[C@H]3[C@@H]4CC[C@H](C(=O)CBr)[C@@]4(C)CC[C@@H]32)C1. The van der Waals surface area contributed by atoms with Gasteiger partial charge in [-0.15, -0.1) is 0 Å². The number of ketones is 1. The molecule has 4 rings (SSSR count). The van der Waals surface area contributed by atoms with Crippen molar-refractivity contribution in [3.8, 4) is 0 Å². The molecule has 4 aliphatic rings. The van der Waals surface area contributed by atoms with Crippen LogP contribution in [-0.2, 0) is 4.79 Å². The first-order valence-corrected chi connectivity index (χ1v) is 11.6. The summed E-state index contributed by atoms with van der Waals surface area (Å²) < 4.78 is 0. The van der Waals surface area contributed by atoms with Gasteiger partial charge in [0.25, 0.3) is 0 Å².